The fourth-order valence-electron chi connectivity index (χ4n) is 0. The Morgan fingerprint density at radius 1 is 0.455 bits per heavy atom. The van der Waals surface area contributed by atoms with Crippen molar-refractivity contribution in [2.75, 3.05) is 7.05 Å². The summed E-state index contributed by atoms with van der Waals surface area (Å²) in [6, 6.07) is 0. The largest absolute Gasteiger partial charge is 0.812 e. The zero-order valence-corrected chi connectivity index (χ0v) is 83.0. The molecule has 22 radical (unpaired) electrons. The molecule has 24 heteroatoms. The van der Waals surface area contributed by atoms with Crippen LogP contribution in [0.25, 0.3) is 5.41 Å². The smallest absolute Gasteiger partial charge is 0 e. The van der Waals surface area contributed by atoms with Gasteiger partial charge >= 0.3 is 0 Å². The molecule has 0 aliphatic heterocycles. The summed E-state index contributed by atoms with van der Waals surface area (Å²) in [7, 11) is 1.69. The zero-order chi connectivity index (χ0) is 6.99. The van der Waals surface area contributed by atoms with Crippen molar-refractivity contribution < 1.29 is 720 Å². The molecule has 0 spiro atoms. The summed E-state index contributed by atoms with van der Waals surface area (Å²) in [5, 5.41) is 7.97. The summed E-state index contributed by atoms with van der Waals surface area (Å²) in [6.07, 6.45) is 2.56. The second-order valence-corrected chi connectivity index (χ2v) is 1.39. The molecule has 2 nitrogen and oxygen atoms in total. The molecule has 0 aliphatic rings. The van der Waals surface area contributed by atoms with Crippen LogP contribution >= 0.6 is 0 Å². The van der Waals surface area contributed by atoms with Crippen LogP contribution in [0, 0.1) is 14.9 Å². The molecular weight excluding hydrogens is 2090 g/mol. The minimum Gasteiger partial charge on any atom is -0.812 e. The van der Waals surface area contributed by atoms with Crippen LogP contribution in [0.2, 0.25) is 0 Å². The van der Waals surface area contributed by atoms with Gasteiger partial charge in [0.2, 0.25) is 0 Å². The fourth-order valence-corrected chi connectivity index (χ4v) is 0. The Morgan fingerprint density at radius 2 is 0.485 bits per heavy atom. The van der Waals surface area contributed by atoms with E-state index in [0.29, 0.717) is 5.71 Å². The molecule has 0 aromatic rings. The van der Waals surface area contributed by atoms with E-state index >= 15 is 0 Å². The zero-order valence-electron chi connectivity index (χ0n) is 20.6. The topological polar surface area (TPSA) is 34.7 Å². The third kappa shape index (κ3) is 264. The van der Waals surface area contributed by atoms with Crippen LogP contribution in [0.15, 0.2) is 4.99 Å². The van der Waals surface area contributed by atoms with E-state index in [2.05, 4.69) is 11.2 Å². The molecule has 0 aromatic carbocycles. The Labute approximate surface area is 764 Å². The molecule has 138 valence electrons. The van der Waals surface area contributed by atoms with E-state index in [-0.39, 0.29) is 742 Å². The first-order valence-corrected chi connectivity index (χ1v) is 2.39. The van der Waals surface area contributed by atoms with Crippen LogP contribution in [0.4, 0.5) is 0 Å². The Kier molecular flexibility index (Phi) is 1230. The van der Waals surface area contributed by atoms with Crippen molar-refractivity contribution in [1.29, 1.82) is 0 Å². The molecule has 0 unspecified atom stereocenters. The molecule has 0 N–H and O–H groups in total. The number of hydrogen-bond acceptors (Lipinski definition) is 1. The minimum atomic E-state index is 0. The average Bonchev–Trinajstić information content (AvgIpc) is 1.65. The van der Waals surface area contributed by atoms with Crippen LogP contribution in [0.1, 0.15) is 28.2 Å². The first kappa shape index (κ1) is 200. The molecule has 0 saturated carbocycles. The summed E-state index contributed by atoms with van der Waals surface area (Å²) >= 11 is 0. The van der Waals surface area contributed by atoms with Crippen molar-refractivity contribution in [1.82, 2.24) is 0 Å². The first-order valence-electron chi connectivity index (χ1n) is 2.39. The Bertz CT molecular complexity index is 97.9. The summed E-state index contributed by atoms with van der Waals surface area (Å²) < 4.78 is 0. The van der Waals surface area contributed by atoms with Gasteiger partial charge < -0.3 is 31.5 Å². The van der Waals surface area contributed by atoms with Gasteiger partial charge in [0.05, 0.1) is 0 Å². The summed E-state index contributed by atoms with van der Waals surface area (Å²) in [5.74, 6) is 0. The van der Waals surface area contributed by atoms with Gasteiger partial charge in [-0.05, 0) is 7.05 Å². The molecule has 0 bridgehead atoms. The van der Waals surface area contributed by atoms with Crippen LogP contribution < -0.4 is 0 Å². The number of aliphatic imine (C=N–C) groups is 1. The Hall–Kier alpha value is 23.6. The predicted octanol–water partition coefficient (Wildman–Crippen LogP) is 3.10. The normalized spacial score (nSPS) is 1.94. The minimum absolute atomic E-state index is 0. The summed E-state index contributed by atoms with van der Waals surface area (Å²) in [4.78, 5) is 3.49. The molecule has 0 amide bonds. The van der Waals surface area contributed by atoms with E-state index in [9.17, 15) is 0 Å². The summed E-state index contributed by atoms with van der Waals surface area (Å²) in [6.45, 7) is 5.04. The molecule has 33 heavy (non-hydrogen) atoms. The van der Waals surface area contributed by atoms with E-state index in [4.69, 9.17) is 5.41 Å². The van der Waals surface area contributed by atoms with Gasteiger partial charge in [0.1, 0.15) is 0 Å². The van der Waals surface area contributed by atoms with Crippen molar-refractivity contribution >= 4 is 11.9 Å². The second-order valence-electron chi connectivity index (χ2n) is 1.39. The van der Waals surface area contributed by atoms with Gasteiger partial charge in [-0.15, -0.1) is 0 Å². The Balaban J connectivity index is -0.000000000497. The average molecular weight is 2110 g/mol. The molecule has 0 aromatic heterocycles. The van der Waals surface area contributed by atoms with Crippen molar-refractivity contribution in [2.45, 2.75) is 28.2 Å². The molecule has 0 fully saturated rings. The van der Waals surface area contributed by atoms with Crippen LogP contribution in [-0.2, 0) is 720 Å². The van der Waals surface area contributed by atoms with Crippen LogP contribution in [0.3, 0.4) is 0 Å². The molecular formula is C9H22N2Y22-4. The van der Waals surface area contributed by atoms with E-state index in [1.54, 1.807) is 27.8 Å². The van der Waals surface area contributed by atoms with E-state index in [1.807, 2.05) is 0 Å². The van der Waals surface area contributed by atoms with Gasteiger partial charge in [-0.1, -0.05) is 21.3 Å². The number of nitrogens with zero attached hydrogens (tertiary/aromatic N) is 2. The molecule has 0 atom stereocenters. The van der Waals surface area contributed by atoms with Gasteiger partial charge in [0, 0.05) is 720 Å². The Morgan fingerprint density at radius 3 is 0.485 bits per heavy atom. The van der Waals surface area contributed by atoms with E-state index in [1.165, 1.54) is 0 Å². The molecule has 0 heterocycles. The quantitative estimate of drug-likeness (QED) is 0.265. The van der Waals surface area contributed by atoms with Gasteiger partial charge in [0.15, 0.2) is 0 Å². The summed E-state index contributed by atoms with van der Waals surface area (Å²) in [5.41, 5.74) is 0.417. The molecule has 0 rings (SSSR count). The second kappa shape index (κ2) is 203. The van der Waals surface area contributed by atoms with E-state index in [0.717, 1.165) is 0 Å². The van der Waals surface area contributed by atoms with Crippen LogP contribution in [0.5, 0.6) is 0 Å². The standard InChI is InChI=1S/2C3H6N.CH4.2CH3.22Y/c1-3-4-2;1-3(2)4;;;;;;;;;;;;;;;;;;;;;;;;;/h2*1-2H3;1H4;2*1H3;;;;;;;;;;;;;;;;;;;;;;/q2*-1;;2*-1;;;;;;;;;;;;;;;;;;;;;;. The fraction of sp³-hybridized carbons (Fsp3) is 0.556. The maximum atomic E-state index is 7.97. The third-order valence-electron chi connectivity index (χ3n) is 0.224. The molecule has 0 aliphatic carbocycles. The third-order valence-corrected chi connectivity index (χ3v) is 0.224. The SMILES string of the molecule is C.CC(C)=[N-].C[C-]=NC.[CH3-].[CH3-].[Y].[Y].[Y].[Y].[Y].[Y].[Y].[Y].[Y].[Y].[Y].[Y].[Y].[Y].[Y].[Y].[Y].[Y].[Y].[Y].[Y].[Y]. The maximum absolute atomic E-state index is 7.97. The van der Waals surface area contributed by atoms with Gasteiger partial charge in [0.25, 0.3) is 0 Å². The van der Waals surface area contributed by atoms with Crippen molar-refractivity contribution in [3.05, 3.63) is 20.3 Å². The van der Waals surface area contributed by atoms with Gasteiger partial charge in [-0.25, -0.2) is 5.71 Å². The predicted molar refractivity (Wildman–Crippen MR) is 58.3 cm³/mol. The maximum Gasteiger partial charge on any atom is 0 e. The number of rotatable bonds is 0. The van der Waals surface area contributed by atoms with Gasteiger partial charge in [-0.2, -0.15) is 6.92 Å². The number of hydrogen-bond donors (Lipinski definition) is 0. The van der Waals surface area contributed by atoms with Crippen molar-refractivity contribution in [2.24, 2.45) is 4.99 Å². The monoisotopic (exact) mass is 2110 g/mol. The first-order chi connectivity index (χ1) is 3.65. The van der Waals surface area contributed by atoms with Crippen molar-refractivity contribution in [3.63, 3.8) is 0 Å². The van der Waals surface area contributed by atoms with Crippen molar-refractivity contribution in [3.8, 4) is 0 Å². The van der Waals surface area contributed by atoms with Gasteiger partial charge in [-0.3, -0.25) is 0 Å². The van der Waals surface area contributed by atoms with Crippen LogP contribution in [-0.4, -0.2) is 19.0 Å². The van der Waals surface area contributed by atoms with E-state index < -0.39 is 0 Å². The molecule has 0 saturated heterocycles.